The van der Waals surface area contributed by atoms with Crippen molar-refractivity contribution in [2.45, 2.75) is 138 Å². The van der Waals surface area contributed by atoms with Gasteiger partial charge in [0.1, 0.15) is 0 Å². The van der Waals surface area contributed by atoms with E-state index in [0.29, 0.717) is 30.8 Å². The summed E-state index contributed by atoms with van der Waals surface area (Å²) < 4.78 is 11.6. The highest BCUT2D eigenvalue weighted by molar-refractivity contribution is 7.47. The van der Waals surface area contributed by atoms with Crippen molar-refractivity contribution in [3.05, 3.63) is 0 Å². The zero-order valence-electron chi connectivity index (χ0n) is 21.8. The zero-order chi connectivity index (χ0) is 23.3. The van der Waals surface area contributed by atoms with Crippen molar-refractivity contribution < 1.29 is 4.52 Å². The molecule has 0 aromatic heterocycles. The van der Waals surface area contributed by atoms with Crippen molar-refractivity contribution in [2.75, 3.05) is 6.61 Å². The molecule has 0 fully saturated rings. The van der Waals surface area contributed by atoms with Crippen LogP contribution in [0, 0.1) is 23.2 Å². The second kappa shape index (κ2) is 16.4. The number of rotatable bonds is 17. The molecular formula is C25H52N3OP. The van der Waals surface area contributed by atoms with Gasteiger partial charge in [0.15, 0.2) is 8.45 Å². The van der Waals surface area contributed by atoms with Crippen molar-refractivity contribution >= 4 is 8.45 Å². The summed E-state index contributed by atoms with van der Waals surface area (Å²) in [4.78, 5) is 0. The van der Waals surface area contributed by atoms with Gasteiger partial charge in [-0.3, -0.25) is 0 Å². The van der Waals surface area contributed by atoms with Gasteiger partial charge in [-0.2, -0.15) is 5.26 Å². The molecule has 0 heterocycles. The molecule has 0 aliphatic carbocycles. The monoisotopic (exact) mass is 441 g/mol. The molecule has 0 aliphatic heterocycles. The van der Waals surface area contributed by atoms with Crippen LogP contribution in [0.15, 0.2) is 0 Å². The molecule has 0 rings (SSSR count). The maximum absolute atomic E-state index is 9.70. The second-order valence-corrected chi connectivity index (χ2v) is 11.9. The maximum Gasteiger partial charge on any atom is 0.188 e. The summed E-state index contributed by atoms with van der Waals surface area (Å²) in [5.74, 6) is 0.806. The second-order valence-electron chi connectivity index (χ2n) is 10.2. The van der Waals surface area contributed by atoms with E-state index < -0.39 is 8.45 Å². The molecule has 0 bridgehead atoms. The Morgan fingerprint density at radius 2 is 1.07 bits per heavy atom. The summed E-state index contributed by atoms with van der Waals surface area (Å²) in [6.07, 6.45) is 8.62. The molecule has 0 N–H and O–H groups in total. The van der Waals surface area contributed by atoms with E-state index >= 15 is 0 Å². The first-order valence-corrected chi connectivity index (χ1v) is 13.6. The number of nitriles is 1. The molecule has 4 nitrogen and oxygen atoms in total. The third kappa shape index (κ3) is 12.0. The van der Waals surface area contributed by atoms with Gasteiger partial charge >= 0.3 is 0 Å². The summed E-state index contributed by atoms with van der Waals surface area (Å²) in [6, 6.07) is 4.14. The molecule has 0 radical (unpaired) electrons. The molecule has 0 aromatic carbocycles. The van der Waals surface area contributed by atoms with Crippen LogP contribution in [-0.4, -0.2) is 40.1 Å². The van der Waals surface area contributed by atoms with Crippen LogP contribution in [0.25, 0.3) is 0 Å². The minimum atomic E-state index is -0.901. The molecule has 0 amide bonds. The highest BCUT2D eigenvalue weighted by Gasteiger charge is 2.34. The van der Waals surface area contributed by atoms with Gasteiger partial charge in [-0.05, 0) is 67.7 Å². The normalized spacial score (nSPS) is 13.8. The molecule has 0 aliphatic rings. The summed E-state index contributed by atoms with van der Waals surface area (Å²) >= 11 is 0. The van der Waals surface area contributed by atoms with Crippen molar-refractivity contribution in [3.8, 4) is 6.07 Å². The first kappa shape index (κ1) is 29.8. The van der Waals surface area contributed by atoms with E-state index in [2.05, 4.69) is 84.6 Å². The molecule has 178 valence electrons. The predicted octanol–water partition coefficient (Wildman–Crippen LogP) is 7.99. The van der Waals surface area contributed by atoms with Crippen molar-refractivity contribution in [1.82, 2.24) is 9.34 Å². The van der Waals surface area contributed by atoms with Gasteiger partial charge in [0.2, 0.25) is 0 Å². The molecule has 0 aromatic rings. The average Bonchev–Trinajstić information content (AvgIpc) is 2.61. The van der Waals surface area contributed by atoms with Gasteiger partial charge in [-0.25, -0.2) is 9.34 Å². The smallest absolute Gasteiger partial charge is 0.188 e. The molecular weight excluding hydrogens is 389 g/mol. The third-order valence-corrected chi connectivity index (χ3v) is 8.44. The number of nitrogens with zero attached hydrogens (tertiary/aromatic N) is 3. The Labute approximate surface area is 190 Å². The number of hydrogen-bond donors (Lipinski definition) is 0. The van der Waals surface area contributed by atoms with Crippen LogP contribution in [0.3, 0.4) is 0 Å². The minimum Gasteiger partial charge on any atom is -0.330 e. The fourth-order valence-corrected chi connectivity index (χ4v) is 6.45. The van der Waals surface area contributed by atoms with E-state index in [4.69, 9.17) is 4.52 Å². The number of hydrogen-bond acceptors (Lipinski definition) is 4. The predicted molar refractivity (Wildman–Crippen MR) is 133 cm³/mol. The van der Waals surface area contributed by atoms with Crippen LogP contribution < -0.4 is 0 Å². The molecule has 1 atom stereocenters. The Morgan fingerprint density at radius 1 is 0.667 bits per heavy atom. The fourth-order valence-electron chi connectivity index (χ4n) is 4.05. The van der Waals surface area contributed by atoms with E-state index in [1.54, 1.807) is 0 Å². The summed E-state index contributed by atoms with van der Waals surface area (Å²) in [5, 5.41) is 9.70. The van der Waals surface area contributed by atoms with Gasteiger partial charge in [-0.15, -0.1) is 0 Å². The van der Waals surface area contributed by atoms with E-state index in [-0.39, 0.29) is 5.92 Å². The Morgan fingerprint density at radius 3 is 1.43 bits per heavy atom. The largest absolute Gasteiger partial charge is 0.330 e. The maximum atomic E-state index is 9.70. The fraction of sp³-hybridized carbons (Fsp3) is 0.960. The lowest BCUT2D eigenvalue weighted by atomic mass is 10.0. The summed E-state index contributed by atoms with van der Waals surface area (Å²) in [5.41, 5.74) is 0. The third-order valence-electron chi connectivity index (χ3n) is 5.42. The molecule has 0 saturated carbocycles. The summed E-state index contributed by atoms with van der Waals surface area (Å²) in [7, 11) is -0.901. The van der Waals surface area contributed by atoms with Crippen LogP contribution in [0.4, 0.5) is 0 Å². The molecule has 1 unspecified atom stereocenters. The van der Waals surface area contributed by atoms with Crippen LogP contribution in [0.2, 0.25) is 0 Å². The Hall–Kier alpha value is -0.200. The van der Waals surface area contributed by atoms with Crippen molar-refractivity contribution in [1.29, 1.82) is 5.26 Å². The van der Waals surface area contributed by atoms with Crippen LogP contribution in [0.5, 0.6) is 0 Å². The van der Waals surface area contributed by atoms with Gasteiger partial charge in [0, 0.05) is 24.2 Å². The van der Waals surface area contributed by atoms with Crippen LogP contribution in [-0.2, 0) is 4.52 Å². The Bertz CT molecular complexity index is 424. The lowest BCUT2D eigenvalue weighted by Gasteiger charge is -2.45. The standard InChI is InChI=1S/C25H52N3OP/c1-20(2)16-14-12-11-13-15-17-25(18-26)19-29-30(27(21(3)4)22(5)6)28(23(7)8)24(9)10/h20-25H,11-17,19H2,1-10H3. The minimum absolute atomic E-state index is 0.00647. The van der Waals surface area contributed by atoms with Gasteiger partial charge in [-0.1, -0.05) is 52.4 Å². The van der Waals surface area contributed by atoms with Crippen molar-refractivity contribution in [2.24, 2.45) is 11.8 Å². The highest BCUT2D eigenvalue weighted by Crippen LogP contribution is 2.51. The quantitative estimate of drug-likeness (QED) is 0.169. The topological polar surface area (TPSA) is 39.5 Å². The van der Waals surface area contributed by atoms with Gasteiger partial charge in [0.05, 0.1) is 18.6 Å². The summed E-state index contributed by atoms with van der Waals surface area (Å²) in [6.45, 7) is 23.1. The first-order valence-electron chi connectivity index (χ1n) is 12.4. The lowest BCUT2D eigenvalue weighted by molar-refractivity contribution is 0.175. The SMILES string of the molecule is CC(C)CCCCCCCC(C#N)COP(N(C(C)C)C(C)C)N(C(C)C)C(C)C. The Kier molecular flexibility index (Phi) is 16.3. The van der Waals surface area contributed by atoms with Crippen molar-refractivity contribution in [3.63, 3.8) is 0 Å². The van der Waals surface area contributed by atoms with Gasteiger partial charge in [0.25, 0.3) is 0 Å². The zero-order valence-corrected chi connectivity index (χ0v) is 22.7. The molecule has 30 heavy (non-hydrogen) atoms. The molecule has 0 spiro atoms. The van der Waals surface area contributed by atoms with E-state index in [1.807, 2.05) is 0 Å². The Balaban J connectivity index is 4.84. The molecule has 0 saturated heterocycles. The van der Waals surface area contributed by atoms with E-state index in [1.165, 1.54) is 32.1 Å². The van der Waals surface area contributed by atoms with E-state index in [9.17, 15) is 5.26 Å². The first-order chi connectivity index (χ1) is 14.0. The van der Waals surface area contributed by atoms with Gasteiger partial charge < -0.3 is 4.52 Å². The highest BCUT2D eigenvalue weighted by atomic mass is 31.2. The molecule has 5 heteroatoms. The lowest BCUT2D eigenvalue weighted by Crippen LogP contribution is -2.43. The van der Waals surface area contributed by atoms with Crippen LogP contribution in [0.1, 0.15) is 114 Å². The van der Waals surface area contributed by atoms with Crippen LogP contribution >= 0.6 is 8.45 Å². The van der Waals surface area contributed by atoms with E-state index in [0.717, 1.165) is 18.8 Å². The average molecular weight is 442 g/mol. The number of unbranched alkanes of at least 4 members (excludes halogenated alkanes) is 4.